The van der Waals surface area contributed by atoms with Crippen LogP contribution in [0.1, 0.15) is 52.5 Å². The van der Waals surface area contributed by atoms with E-state index >= 15 is 0 Å². The molecule has 0 spiro atoms. The van der Waals surface area contributed by atoms with Gasteiger partial charge < -0.3 is 20.5 Å². The van der Waals surface area contributed by atoms with Crippen molar-refractivity contribution in [1.29, 1.82) is 0 Å². The number of halogens is 3. The second-order valence-corrected chi connectivity index (χ2v) is 8.70. The maximum atomic E-state index is 12.2. The van der Waals surface area contributed by atoms with Crippen molar-refractivity contribution in [3.05, 3.63) is 39.8 Å². The molecule has 0 atom stereocenters. The molecule has 1 aromatic carbocycles. The van der Waals surface area contributed by atoms with Gasteiger partial charge in [0.1, 0.15) is 22.2 Å². The standard InChI is InChI=1S/C21H24F3N3O4S/c22-21(23,24)31-15-8-6-14(7-9-15)30-12-17(28)26-11-18-27-19(20(25)29)16(32-18)10-13-4-2-1-3-5-13/h6-9,13H,1-5,10-12H2,(H2,25,29)(H,26,28). The Morgan fingerprint density at radius 2 is 1.78 bits per heavy atom. The first-order valence-corrected chi connectivity index (χ1v) is 11.0. The summed E-state index contributed by atoms with van der Waals surface area (Å²) in [6.45, 7) is -0.210. The summed E-state index contributed by atoms with van der Waals surface area (Å²) in [4.78, 5) is 29.0. The van der Waals surface area contributed by atoms with Gasteiger partial charge in [-0.15, -0.1) is 24.5 Å². The summed E-state index contributed by atoms with van der Waals surface area (Å²) in [5.41, 5.74) is 5.74. The van der Waals surface area contributed by atoms with E-state index in [4.69, 9.17) is 10.5 Å². The van der Waals surface area contributed by atoms with Crippen LogP contribution < -0.4 is 20.5 Å². The van der Waals surface area contributed by atoms with Gasteiger partial charge in [-0.25, -0.2) is 4.98 Å². The van der Waals surface area contributed by atoms with Crippen molar-refractivity contribution in [2.45, 2.75) is 51.4 Å². The third-order valence-corrected chi connectivity index (χ3v) is 6.12. The highest BCUT2D eigenvalue weighted by Crippen LogP contribution is 2.30. The number of ether oxygens (including phenoxy) is 2. The number of hydrogen-bond acceptors (Lipinski definition) is 6. The van der Waals surface area contributed by atoms with Crippen LogP contribution in [-0.2, 0) is 17.8 Å². The smallest absolute Gasteiger partial charge is 0.484 e. The van der Waals surface area contributed by atoms with Gasteiger partial charge >= 0.3 is 6.36 Å². The minimum atomic E-state index is -4.78. The van der Waals surface area contributed by atoms with Crippen molar-refractivity contribution in [3.63, 3.8) is 0 Å². The largest absolute Gasteiger partial charge is 0.573 e. The minimum absolute atomic E-state index is 0.121. The van der Waals surface area contributed by atoms with Crippen LogP contribution in [0.3, 0.4) is 0 Å². The quantitative estimate of drug-likeness (QED) is 0.576. The van der Waals surface area contributed by atoms with Crippen LogP contribution in [0.5, 0.6) is 11.5 Å². The Labute approximate surface area is 187 Å². The molecule has 0 radical (unpaired) electrons. The van der Waals surface area contributed by atoms with Crippen LogP contribution in [-0.4, -0.2) is 29.8 Å². The summed E-state index contributed by atoms with van der Waals surface area (Å²) in [5.74, 6) is -0.663. The minimum Gasteiger partial charge on any atom is -0.484 e. The second kappa shape index (κ2) is 10.7. The van der Waals surface area contributed by atoms with Gasteiger partial charge in [0.25, 0.3) is 11.8 Å². The molecule has 7 nitrogen and oxygen atoms in total. The molecule has 1 aromatic heterocycles. The van der Waals surface area contributed by atoms with Crippen molar-refractivity contribution in [2.24, 2.45) is 11.7 Å². The van der Waals surface area contributed by atoms with E-state index in [0.717, 1.165) is 36.3 Å². The fourth-order valence-corrected chi connectivity index (χ4v) is 4.70. The Morgan fingerprint density at radius 3 is 2.41 bits per heavy atom. The van der Waals surface area contributed by atoms with Crippen molar-refractivity contribution >= 4 is 23.2 Å². The molecule has 0 unspecified atom stereocenters. The number of hydrogen-bond donors (Lipinski definition) is 2. The molecule has 3 N–H and O–H groups in total. The fourth-order valence-electron chi connectivity index (χ4n) is 3.57. The average molecular weight is 472 g/mol. The Balaban J connectivity index is 1.48. The topological polar surface area (TPSA) is 104 Å². The normalized spacial score (nSPS) is 14.7. The molecule has 0 bridgehead atoms. The molecule has 0 aliphatic heterocycles. The van der Waals surface area contributed by atoms with E-state index in [2.05, 4.69) is 15.0 Å². The molecule has 174 valence electrons. The lowest BCUT2D eigenvalue weighted by atomic mass is 9.86. The molecule has 1 aliphatic carbocycles. The first kappa shape index (κ1) is 23.8. The van der Waals surface area contributed by atoms with Crippen molar-refractivity contribution in [1.82, 2.24) is 10.3 Å². The number of benzene rings is 1. The predicted molar refractivity (Wildman–Crippen MR) is 111 cm³/mol. The van der Waals surface area contributed by atoms with Crippen molar-refractivity contribution in [2.75, 3.05) is 6.61 Å². The van der Waals surface area contributed by atoms with Crippen molar-refractivity contribution in [3.8, 4) is 11.5 Å². The van der Waals surface area contributed by atoms with E-state index in [-0.39, 0.29) is 30.3 Å². The van der Waals surface area contributed by atoms with Crippen LogP contribution in [0.25, 0.3) is 0 Å². The molecule has 1 heterocycles. The van der Waals surface area contributed by atoms with E-state index in [0.29, 0.717) is 10.9 Å². The zero-order valence-corrected chi connectivity index (χ0v) is 18.1. The molecule has 11 heteroatoms. The summed E-state index contributed by atoms with van der Waals surface area (Å²) < 4.78 is 45.6. The van der Waals surface area contributed by atoms with Gasteiger partial charge in [-0.2, -0.15) is 0 Å². The van der Waals surface area contributed by atoms with Gasteiger partial charge in [-0.1, -0.05) is 32.1 Å². The molecule has 3 rings (SSSR count). The number of nitrogens with one attached hydrogen (secondary N) is 1. The summed E-state index contributed by atoms with van der Waals surface area (Å²) in [7, 11) is 0. The molecule has 0 saturated heterocycles. The number of primary amides is 1. The van der Waals surface area contributed by atoms with Crippen molar-refractivity contribution < 1.29 is 32.2 Å². The van der Waals surface area contributed by atoms with Crippen LogP contribution in [0.15, 0.2) is 24.3 Å². The summed E-state index contributed by atoms with van der Waals surface area (Å²) in [6, 6.07) is 4.72. The number of carbonyl (C=O) groups is 2. The highest BCUT2D eigenvalue weighted by molar-refractivity contribution is 7.11. The zero-order valence-electron chi connectivity index (χ0n) is 17.2. The molecular weight excluding hydrogens is 447 g/mol. The zero-order chi connectivity index (χ0) is 23.1. The first-order valence-electron chi connectivity index (χ1n) is 10.2. The fraction of sp³-hybridized carbons (Fsp3) is 0.476. The number of alkyl halides is 3. The predicted octanol–water partition coefficient (Wildman–Crippen LogP) is 3.96. The number of thiazole rings is 1. The Kier molecular flexibility index (Phi) is 7.94. The van der Waals surface area contributed by atoms with Gasteiger partial charge in [0.2, 0.25) is 0 Å². The van der Waals surface area contributed by atoms with Crippen LogP contribution >= 0.6 is 11.3 Å². The Bertz CT molecular complexity index is 925. The Hall–Kier alpha value is -2.82. The number of nitrogens with two attached hydrogens (primary N) is 1. The second-order valence-electron chi connectivity index (χ2n) is 7.54. The maximum absolute atomic E-state index is 12.2. The third kappa shape index (κ3) is 7.40. The molecule has 2 amide bonds. The monoisotopic (exact) mass is 471 g/mol. The lowest BCUT2D eigenvalue weighted by molar-refractivity contribution is -0.274. The van der Waals surface area contributed by atoms with Gasteiger partial charge in [0, 0.05) is 4.88 Å². The van der Waals surface area contributed by atoms with E-state index in [9.17, 15) is 22.8 Å². The van der Waals surface area contributed by atoms with Gasteiger partial charge in [-0.05, 0) is 36.6 Å². The average Bonchev–Trinajstić information content (AvgIpc) is 3.14. The van der Waals surface area contributed by atoms with Crippen LogP contribution in [0, 0.1) is 5.92 Å². The Morgan fingerprint density at radius 1 is 1.12 bits per heavy atom. The van der Waals surface area contributed by atoms with Crippen LogP contribution in [0.4, 0.5) is 13.2 Å². The van der Waals surface area contributed by atoms with Crippen LogP contribution in [0.2, 0.25) is 0 Å². The maximum Gasteiger partial charge on any atom is 0.573 e. The molecule has 1 aliphatic rings. The highest BCUT2D eigenvalue weighted by Gasteiger charge is 2.31. The molecule has 1 saturated carbocycles. The number of amides is 2. The lowest BCUT2D eigenvalue weighted by Gasteiger charge is -2.20. The van der Waals surface area contributed by atoms with Gasteiger partial charge in [0.05, 0.1) is 6.54 Å². The number of rotatable bonds is 9. The molecule has 32 heavy (non-hydrogen) atoms. The molecule has 2 aromatic rings. The van der Waals surface area contributed by atoms with Gasteiger partial charge in [0.15, 0.2) is 6.61 Å². The van der Waals surface area contributed by atoms with Gasteiger partial charge in [-0.3, -0.25) is 9.59 Å². The van der Waals surface area contributed by atoms with E-state index in [1.54, 1.807) is 0 Å². The summed E-state index contributed by atoms with van der Waals surface area (Å²) >= 11 is 1.37. The number of nitrogens with zero attached hydrogens (tertiary/aromatic N) is 1. The highest BCUT2D eigenvalue weighted by atomic mass is 32.1. The molecular formula is C21H24F3N3O4S. The first-order chi connectivity index (χ1) is 15.2. The van der Waals surface area contributed by atoms with E-state index in [1.807, 2.05) is 0 Å². The molecule has 1 fully saturated rings. The summed E-state index contributed by atoms with van der Waals surface area (Å²) in [6.07, 6.45) is 1.87. The lowest BCUT2D eigenvalue weighted by Crippen LogP contribution is -2.28. The SMILES string of the molecule is NC(=O)c1nc(CNC(=O)COc2ccc(OC(F)(F)F)cc2)sc1CC1CCCCC1. The number of carbonyl (C=O) groups excluding carboxylic acids is 2. The summed E-state index contributed by atoms with van der Waals surface area (Å²) in [5, 5.41) is 3.23. The number of aromatic nitrogens is 1. The third-order valence-electron chi connectivity index (χ3n) is 5.04. The van der Waals surface area contributed by atoms with E-state index < -0.39 is 18.2 Å². The van der Waals surface area contributed by atoms with E-state index in [1.165, 1.54) is 42.7 Å².